The monoisotopic (exact) mass is 430 g/mol. The van der Waals surface area contributed by atoms with Crippen molar-refractivity contribution in [3.8, 4) is 0 Å². The first kappa shape index (κ1) is 21.3. The fourth-order valence-corrected chi connectivity index (χ4v) is 2.73. The van der Waals surface area contributed by atoms with E-state index < -0.39 is 48.6 Å². The average molecular weight is 430 g/mol. The Balaban J connectivity index is 1.74. The van der Waals surface area contributed by atoms with E-state index in [-0.39, 0.29) is 16.6 Å². The minimum Gasteiger partial charge on any atom is -0.456 e. The lowest BCUT2D eigenvalue weighted by molar-refractivity contribution is -0.150. The quantitative estimate of drug-likeness (QED) is 0.340. The number of alkyl halides is 6. The van der Waals surface area contributed by atoms with Crippen molar-refractivity contribution in [2.75, 3.05) is 6.61 Å². The molecule has 1 heterocycles. The predicted molar refractivity (Wildman–Crippen MR) is 91.5 cm³/mol. The largest absolute Gasteiger partial charge is 0.456 e. The van der Waals surface area contributed by atoms with Gasteiger partial charge in [-0.15, -0.1) is 0 Å². The number of ketones is 1. The van der Waals surface area contributed by atoms with Crippen LogP contribution >= 0.6 is 0 Å². The highest BCUT2D eigenvalue weighted by Crippen LogP contribution is 2.32. The molecule has 0 N–H and O–H groups in total. The number of halogens is 6. The van der Waals surface area contributed by atoms with Crippen molar-refractivity contribution in [3.63, 3.8) is 0 Å². The number of rotatable bonds is 5. The van der Waals surface area contributed by atoms with E-state index in [1.165, 1.54) is 24.3 Å². The molecule has 0 aliphatic carbocycles. The summed E-state index contributed by atoms with van der Waals surface area (Å²) >= 11 is 0. The van der Waals surface area contributed by atoms with Gasteiger partial charge in [-0.05, 0) is 24.3 Å². The Kier molecular flexibility index (Phi) is 5.55. The maximum absolute atomic E-state index is 13.2. The summed E-state index contributed by atoms with van der Waals surface area (Å²) in [6.45, 7) is -1.81. The van der Waals surface area contributed by atoms with Crippen LogP contribution in [-0.4, -0.2) is 27.9 Å². The molecule has 0 saturated carbocycles. The second kappa shape index (κ2) is 7.81. The second-order valence-corrected chi connectivity index (χ2v) is 6.17. The summed E-state index contributed by atoms with van der Waals surface area (Å²) in [6.07, 6.45) is -9.50. The van der Waals surface area contributed by atoms with Gasteiger partial charge in [0.2, 0.25) is 5.82 Å². The van der Waals surface area contributed by atoms with E-state index in [0.29, 0.717) is 10.6 Å². The predicted octanol–water partition coefficient (Wildman–Crippen LogP) is 4.50. The van der Waals surface area contributed by atoms with Gasteiger partial charge >= 0.3 is 18.3 Å². The van der Waals surface area contributed by atoms with Crippen LogP contribution in [0, 0.1) is 0 Å². The number of fused-ring (bicyclic) bond motifs is 1. The third-order valence-corrected chi connectivity index (χ3v) is 4.07. The molecule has 11 heteroatoms. The van der Waals surface area contributed by atoms with Crippen LogP contribution in [0.15, 0.2) is 48.5 Å². The van der Waals surface area contributed by atoms with E-state index in [4.69, 9.17) is 0 Å². The van der Waals surface area contributed by atoms with Gasteiger partial charge in [0.05, 0.1) is 16.6 Å². The van der Waals surface area contributed by atoms with Crippen LogP contribution in [0.3, 0.4) is 0 Å². The summed E-state index contributed by atoms with van der Waals surface area (Å²) in [5, 5.41) is 0. The number of nitrogens with zero attached hydrogens (tertiary/aromatic N) is 2. The first-order valence-corrected chi connectivity index (χ1v) is 8.35. The lowest BCUT2D eigenvalue weighted by Crippen LogP contribution is -2.22. The molecule has 0 saturated heterocycles. The van der Waals surface area contributed by atoms with Crippen LogP contribution in [-0.2, 0) is 28.4 Å². The normalized spacial score (nSPS) is 12.2. The maximum atomic E-state index is 13.2. The number of hydrogen-bond donors (Lipinski definition) is 0. The number of ether oxygens (including phenoxy) is 1. The van der Waals surface area contributed by atoms with E-state index in [9.17, 15) is 35.9 Å². The molecule has 0 aliphatic rings. The number of hydrogen-bond acceptors (Lipinski definition) is 4. The number of imidazole rings is 1. The van der Waals surface area contributed by atoms with Gasteiger partial charge in [-0.3, -0.25) is 9.59 Å². The average Bonchev–Trinajstić information content (AvgIpc) is 3.04. The highest BCUT2D eigenvalue weighted by Gasteiger charge is 2.38. The number of benzene rings is 2. The van der Waals surface area contributed by atoms with Gasteiger partial charge in [-0.25, -0.2) is 4.98 Å². The van der Waals surface area contributed by atoms with Crippen molar-refractivity contribution in [3.05, 3.63) is 65.5 Å². The van der Waals surface area contributed by atoms with Crippen molar-refractivity contribution >= 4 is 22.8 Å². The fourth-order valence-electron chi connectivity index (χ4n) is 2.73. The topological polar surface area (TPSA) is 61.2 Å². The summed E-state index contributed by atoms with van der Waals surface area (Å²) in [6, 6.07) is 9.10. The van der Waals surface area contributed by atoms with Gasteiger partial charge in [0, 0.05) is 5.56 Å². The van der Waals surface area contributed by atoms with Gasteiger partial charge in [0.15, 0.2) is 12.4 Å². The molecular weight excluding hydrogens is 418 g/mol. The summed E-state index contributed by atoms with van der Waals surface area (Å²) < 4.78 is 83.1. The Morgan fingerprint density at radius 1 is 0.933 bits per heavy atom. The summed E-state index contributed by atoms with van der Waals surface area (Å²) in [7, 11) is 0. The minimum absolute atomic E-state index is 0.0117. The Morgan fingerprint density at radius 3 is 2.30 bits per heavy atom. The third-order valence-electron chi connectivity index (χ3n) is 4.07. The van der Waals surface area contributed by atoms with Crippen molar-refractivity contribution in [1.29, 1.82) is 0 Å². The lowest BCUT2D eigenvalue weighted by Gasteiger charge is -2.11. The zero-order valence-electron chi connectivity index (χ0n) is 14.9. The molecule has 1 aromatic heterocycles. The van der Waals surface area contributed by atoms with E-state index >= 15 is 0 Å². The third kappa shape index (κ3) is 4.61. The second-order valence-electron chi connectivity index (χ2n) is 6.17. The van der Waals surface area contributed by atoms with Crippen molar-refractivity contribution in [2.45, 2.75) is 18.9 Å². The van der Waals surface area contributed by atoms with Gasteiger partial charge in [-0.2, -0.15) is 26.3 Å². The minimum atomic E-state index is -4.84. The summed E-state index contributed by atoms with van der Waals surface area (Å²) in [5.41, 5.74) is -1.36. The molecule has 0 atom stereocenters. The van der Waals surface area contributed by atoms with Gasteiger partial charge < -0.3 is 9.30 Å². The molecule has 0 fully saturated rings. The molecule has 5 nitrogen and oxygen atoms in total. The fraction of sp³-hybridized carbons (Fsp3) is 0.211. The summed E-state index contributed by atoms with van der Waals surface area (Å²) in [4.78, 5) is 27.5. The molecule has 3 aromatic rings. The summed E-state index contributed by atoms with van der Waals surface area (Å²) in [5.74, 6) is -3.42. The van der Waals surface area contributed by atoms with Gasteiger partial charge in [0.1, 0.15) is 6.54 Å². The van der Waals surface area contributed by atoms with Crippen LogP contribution in [0.2, 0.25) is 0 Å². The number of aromatic nitrogens is 2. The van der Waals surface area contributed by atoms with Crippen molar-refractivity contribution in [2.24, 2.45) is 0 Å². The van der Waals surface area contributed by atoms with Gasteiger partial charge in [-0.1, -0.05) is 24.3 Å². The Labute approximate surface area is 164 Å². The number of para-hydroxylation sites is 2. The molecule has 0 amide bonds. The molecule has 0 radical (unpaired) electrons. The van der Waals surface area contributed by atoms with E-state index in [1.54, 1.807) is 0 Å². The zero-order valence-corrected chi connectivity index (χ0v) is 14.9. The number of carbonyl (C=O) groups excluding carboxylic acids is 2. The van der Waals surface area contributed by atoms with Crippen LogP contribution in [0.1, 0.15) is 21.7 Å². The Hall–Kier alpha value is -3.37. The smallest absolute Gasteiger partial charge is 0.449 e. The molecule has 0 aliphatic heterocycles. The molecule has 0 unspecified atom stereocenters. The van der Waals surface area contributed by atoms with Gasteiger partial charge in [0.25, 0.3) is 0 Å². The maximum Gasteiger partial charge on any atom is 0.449 e. The zero-order chi connectivity index (χ0) is 22.1. The molecule has 0 spiro atoms. The van der Waals surface area contributed by atoms with Crippen LogP contribution in [0.25, 0.3) is 11.0 Å². The highest BCUT2D eigenvalue weighted by atomic mass is 19.4. The highest BCUT2D eigenvalue weighted by molar-refractivity contribution is 5.98. The molecule has 3 rings (SSSR count). The molecule has 158 valence electrons. The van der Waals surface area contributed by atoms with E-state index in [0.717, 1.165) is 18.2 Å². The SMILES string of the molecule is O=C(Cn1c(C(F)(F)F)nc2ccccc21)OCC(=O)c1cccc(C(F)(F)F)c1. The van der Waals surface area contributed by atoms with Crippen LogP contribution < -0.4 is 0 Å². The molecule has 2 aromatic carbocycles. The standard InChI is InChI=1S/C19H12F6N2O3/c20-18(21,22)12-5-3-4-11(8-12)15(28)10-30-16(29)9-27-14-7-2-1-6-13(14)26-17(27)19(23,24)25/h1-8H,9-10H2. The van der Waals surface area contributed by atoms with Crippen molar-refractivity contribution < 1.29 is 40.7 Å². The Bertz CT molecular complexity index is 1100. The first-order chi connectivity index (χ1) is 14.0. The molecule has 30 heavy (non-hydrogen) atoms. The van der Waals surface area contributed by atoms with Crippen LogP contribution in [0.4, 0.5) is 26.3 Å². The lowest BCUT2D eigenvalue weighted by atomic mass is 10.1. The number of Topliss-reactive ketones (excluding diaryl/α,β-unsaturated/α-hetero) is 1. The number of esters is 1. The molecular formula is C19H12F6N2O3. The molecule has 0 bridgehead atoms. The first-order valence-electron chi connectivity index (χ1n) is 8.35. The van der Waals surface area contributed by atoms with E-state index in [1.807, 2.05) is 0 Å². The van der Waals surface area contributed by atoms with Crippen molar-refractivity contribution in [1.82, 2.24) is 9.55 Å². The van der Waals surface area contributed by atoms with Crippen LogP contribution in [0.5, 0.6) is 0 Å². The van der Waals surface area contributed by atoms with E-state index in [2.05, 4.69) is 9.72 Å². The number of carbonyl (C=O) groups is 2. The Morgan fingerprint density at radius 2 is 1.63 bits per heavy atom.